The molecule has 148 valence electrons. The average molecular weight is 387 g/mol. The van der Waals surface area contributed by atoms with Gasteiger partial charge in [-0.3, -0.25) is 9.59 Å². The van der Waals surface area contributed by atoms with E-state index in [1.807, 2.05) is 12.1 Å². The highest BCUT2D eigenvalue weighted by Crippen LogP contribution is 2.32. The van der Waals surface area contributed by atoms with Gasteiger partial charge in [0.25, 0.3) is 5.91 Å². The number of esters is 1. The Hall–Kier alpha value is -3.42. The lowest BCUT2D eigenvalue weighted by molar-refractivity contribution is -0.147. The number of carbonyl (C=O) groups excluding carboxylic acids is 2. The van der Waals surface area contributed by atoms with Crippen LogP contribution in [0.5, 0.6) is 23.0 Å². The lowest BCUT2D eigenvalue weighted by Gasteiger charge is -2.11. The first-order valence-corrected chi connectivity index (χ1v) is 8.65. The second kappa shape index (κ2) is 8.98. The number of hydrogen-bond donors (Lipinski definition) is 1. The molecule has 0 radical (unpaired) electrons. The molecular weight excluding hydrogens is 366 g/mol. The van der Waals surface area contributed by atoms with Crippen molar-refractivity contribution in [1.82, 2.24) is 0 Å². The van der Waals surface area contributed by atoms with Crippen LogP contribution in [0.15, 0.2) is 36.4 Å². The molecule has 8 nitrogen and oxygen atoms in total. The van der Waals surface area contributed by atoms with Gasteiger partial charge in [-0.15, -0.1) is 0 Å². The summed E-state index contributed by atoms with van der Waals surface area (Å²) in [4.78, 5) is 24.0. The van der Waals surface area contributed by atoms with Gasteiger partial charge in [-0.05, 0) is 36.2 Å². The fraction of sp³-hybridized carbons (Fsp3) is 0.300. The summed E-state index contributed by atoms with van der Waals surface area (Å²) in [6.07, 6.45) is 0.627. The van der Waals surface area contributed by atoms with Gasteiger partial charge < -0.3 is 29.0 Å². The number of ether oxygens (including phenoxy) is 5. The van der Waals surface area contributed by atoms with Crippen molar-refractivity contribution in [3.8, 4) is 23.0 Å². The number of aryl methyl sites for hydroxylation is 1. The molecule has 2 aromatic carbocycles. The zero-order valence-electron chi connectivity index (χ0n) is 15.7. The first kappa shape index (κ1) is 19.3. The number of anilines is 1. The van der Waals surface area contributed by atoms with Crippen LogP contribution in [0.4, 0.5) is 5.69 Å². The quantitative estimate of drug-likeness (QED) is 0.696. The van der Waals surface area contributed by atoms with Crippen LogP contribution in [0.3, 0.4) is 0 Å². The van der Waals surface area contributed by atoms with Crippen molar-refractivity contribution in [3.05, 3.63) is 42.0 Å². The van der Waals surface area contributed by atoms with Crippen LogP contribution in [-0.2, 0) is 20.7 Å². The Morgan fingerprint density at radius 1 is 1.04 bits per heavy atom. The Bertz CT molecular complexity index is 866. The van der Waals surface area contributed by atoms with Gasteiger partial charge in [0.2, 0.25) is 6.79 Å². The highest BCUT2D eigenvalue weighted by Gasteiger charge is 2.15. The third-order valence-electron chi connectivity index (χ3n) is 4.10. The van der Waals surface area contributed by atoms with Crippen LogP contribution in [0.2, 0.25) is 0 Å². The molecule has 0 fully saturated rings. The van der Waals surface area contributed by atoms with Crippen molar-refractivity contribution in [2.24, 2.45) is 0 Å². The van der Waals surface area contributed by atoms with E-state index in [1.54, 1.807) is 24.3 Å². The van der Waals surface area contributed by atoms with Crippen molar-refractivity contribution >= 4 is 17.6 Å². The SMILES string of the molecule is COc1ccc(NC(=O)COC(=O)CCc2ccc3c(c2)OCO3)c(OC)c1. The summed E-state index contributed by atoms with van der Waals surface area (Å²) in [5.41, 5.74) is 1.39. The molecule has 28 heavy (non-hydrogen) atoms. The molecule has 1 N–H and O–H groups in total. The van der Waals surface area contributed by atoms with E-state index in [9.17, 15) is 9.59 Å². The van der Waals surface area contributed by atoms with E-state index in [1.165, 1.54) is 14.2 Å². The molecule has 0 aromatic heterocycles. The minimum Gasteiger partial charge on any atom is -0.497 e. The molecule has 0 spiro atoms. The van der Waals surface area contributed by atoms with Crippen LogP contribution in [-0.4, -0.2) is 39.5 Å². The molecule has 1 amide bonds. The van der Waals surface area contributed by atoms with Crippen LogP contribution in [0.25, 0.3) is 0 Å². The molecule has 3 rings (SSSR count). The summed E-state index contributed by atoms with van der Waals surface area (Å²) >= 11 is 0. The largest absolute Gasteiger partial charge is 0.497 e. The topological polar surface area (TPSA) is 92.3 Å². The summed E-state index contributed by atoms with van der Waals surface area (Å²) in [7, 11) is 3.02. The lowest BCUT2D eigenvalue weighted by Crippen LogP contribution is -2.21. The maximum atomic E-state index is 12.0. The maximum absolute atomic E-state index is 12.0. The minimum atomic E-state index is -0.463. The molecule has 0 saturated heterocycles. The predicted octanol–water partition coefficient (Wildman–Crippen LogP) is 2.55. The minimum absolute atomic E-state index is 0.152. The van der Waals surface area contributed by atoms with Crippen LogP contribution in [0, 0.1) is 0 Å². The van der Waals surface area contributed by atoms with E-state index >= 15 is 0 Å². The Morgan fingerprint density at radius 2 is 1.86 bits per heavy atom. The number of carbonyl (C=O) groups is 2. The molecule has 1 aliphatic heterocycles. The fourth-order valence-electron chi connectivity index (χ4n) is 2.65. The smallest absolute Gasteiger partial charge is 0.306 e. The number of amides is 1. The normalized spacial score (nSPS) is 11.6. The molecule has 8 heteroatoms. The van der Waals surface area contributed by atoms with E-state index in [2.05, 4.69) is 5.32 Å². The summed E-state index contributed by atoms with van der Waals surface area (Å²) in [5.74, 6) is 1.48. The highest BCUT2D eigenvalue weighted by atomic mass is 16.7. The third kappa shape index (κ3) is 4.85. The van der Waals surface area contributed by atoms with E-state index in [-0.39, 0.29) is 19.8 Å². The van der Waals surface area contributed by atoms with Gasteiger partial charge in [0, 0.05) is 12.5 Å². The molecule has 0 aliphatic carbocycles. The molecule has 1 aliphatic rings. The van der Waals surface area contributed by atoms with Crippen molar-refractivity contribution in [1.29, 1.82) is 0 Å². The number of benzene rings is 2. The van der Waals surface area contributed by atoms with Gasteiger partial charge in [0.1, 0.15) is 11.5 Å². The third-order valence-corrected chi connectivity index (χ3v) is 4.10. The van der Waals surface area contributed by atoms with Gasteiger partial charge in [-0.1, -0.05) is 6.07 Å². The molecule has 0 unspecified atom stereocenters. The second-order valence-corrected chi connectivity index (χ2v) is 5.96. The first-order valence-electron chi connectivity index (χ1n) is 8.65. The van der Waals surface area contributed by atoms with Gasteiger partial charge >= 0.3 is 5.97 Å². The van der Waals surface area contributed by atoms with Gasteiger partial charge in [-0.25, -0.2) is 0 Å². The Morgan fingerprint density at radius 3 is 2.64 bits per heavy atom. The van der Waals surface area contributed by atoms with Crippen molar-refractivity contribution in [3.63, 3.8) is 0 Å². The van der Waals surface area contributed by atoms with Crippen LogP contribution >= 0.6 is 0 Å². The van der Waals surface area contributed by atoms with Gasteiger partial charge in [0.05, 0.1) is 19.9 Å². The zero-order valence-corrected chi connectivity index (χ0v) is 15.7. The van der Waals surface area contributed by atoms with Crippen LogP contribution < -0.4 is 24.3 Å². The summed E-state index contributed by atoms with van der Waals surface area (Å²) in [6, 6.07) is 10.5. The Kier molecular flexibility index (Phi) is 6.21. The average Bonchev–Trinajstić information content (AvgIpc) is 3.18. The van der Waals surface area contributed by atoms with Gasteiger partial charge in [0.15, 0.2) is 18.1 Å². The number of fused-ring (bicyclic) bond motifs is 1. The summed E-state index contributed by atoms with van der Waals surface area (Å²) in [6.45, 7) is -0.177. The number of rotatable bonds is 8. The number of methoxy groups -OCH3 is 2. The number of hydrogen-bond acceptors (Lipinski definition) is 7. The van der Waals surface area contributed by atoms with Crippen molar-refractivity contribution in [2.45, 2.75) is 12.8 Å². The Labute approximate surface area is 162 Å². The monoisotopic (exact) mass is 387 g/mol. The molecule has 0 saturated carbocycles. The van der Waals surface area contributed by atoms with Crippen molar-refractivity contribution < 1.29 is 33.3 Å². The molecule has 2 aromatic rings. The predicted molar refractivity (Wildman–Crippen MR) is 100 cm³/mol. The van der Waals surface area contributed by atoms with Crippen molar-refractivity contribution in [2.75, 3.05) is 32.9 Å². The molecule has 1 heterocycles. The second-order valence-electron chi connectivity index (χ2n) is 5.96. The zero-order chi connectivity index (χ0) is 19.9. The summed E-state index contributed by atoms with van der Waals surface area (Å²) < 4.78 is 25.9. The Balaban J connectivity index is 1.45. The number of nitrogens with one attached hydrogen (secondary N) is 1. The van der Waals surface area contributed by atoms with Crippen LogP contribution in [0.1, 0.15) is 12.0 Å². The first-order chi connectivity index (χ1) is 13.6. The lowest BCUT2D eigenvalue weighted by atomic mass is 10.1. The highest BCUT2D eigenvalue weighted by molar-refractivity contribution is 5.94. The maximum Gasteiger partial charge on any atom is 0.306 e. The van der Waals surface area contributed by atoms with Gasteiger partial charge in [-0.2, -0.15) is 0 Å². The molecule has 0 bridgehead atoms. The van der Waals surface area contributed by atoms with E-state index < -0.39 is 11.9 Å². The summed E-state index contributed by atoms with van der Waals surface area (Å²) in [5, 5.41) is 2.64. The van der Waals surface area contributed by atoms with E-state index in [0.717, 1.165) is 5.56 Å². The van der Waals surface area contributed by atoms with E-state index in [0.29, 0.717) is 35.1 Å². The molecule has 0 atom stereocenters. The van der Waals surface area contributed by atoms with E-state index in [4.69, 9.17) is 23.7 Å². The fourth-order valence-corrected chi connectivity index (χ4v) is 2.65. The standard InChI is InChI=1S/C20H21NO7/c1-24-14-5-6-15(17(10-14)25-2)21-19(22)11-26-20(23)8-4-13-3-7-16-18(9-13)28-12-27-16/h3,5-7,9-10H,4,8,11-12H2,1-2H3,(H,21,22). The molecular formula is C20H21NO7.